The van der Waals surface area contributed by atoms with Gasteiger partial charge in [-0.15, -0.1) is 6.58 Å². The number of alkyl carbamates (subject to hydrolysis) is 1. The molecular formula is C13H15NO2. The van der Waals surface area contributed by atoms with Crippen molar-refractivity contribution in [2.75, 3.05) is 0 Å². The molecule has 1 saturated carbocycles. The molecule has 0 radical (unpaired) electrons. The van der Waals surface area contributed by atoms with Crippen molar-refractivity contribution in [3.8, 4) is 0 Å². The molecule has 16 heavy (non-hydrogen) atoms. The van der Waals surface area contributed by atoms with Gasteiger partial charge in [0.1, 0.15) is 6.61 Å². The molecule has 0 saturated heterocycles. The Hall–Kier alpha value is -1.77. The molecule has 0 heterocycles. The number of rotatable bonds is 4. The summed E-state index contributed by atoms with van der Waals surface area (Å²) in [5, 5.41) is 2.79. The average Bonchev–Trinajstić information content (AvgIpc) is 3.06. The van der Waals surface area contributed by atoms with E-state index in [1.165, 1.54) is 0 Å². The molecule has 2 rings (SSSR count). The van der Waals surface area contributed by atoms with Crippen LogP contribution >= 0.6 is 0 Å². The highest BCUT2D eigenvalue weighted by atomic mass is 16.5. The third-order valence-electron chi connectivity index (χ3n) is 2.66. The SMILES string of the molecule is C=C[C@@H]1C[C@H]1NC(=O)OCc1ccccc1. The normalized spacial score (nSPS) is 22.2. The van der Waals surface area contributed by atoms with Crippen LogP contribution in [0.1, 0.15) is 12.0 Å². The first-order valence-electron chi connectivity index (χ1n) is 5.39. The Morgan fingerprint density at radius 1 is 1.50 bits per heavy atom. The zero-order valence-electron chi connectivity index (χ0n) is 9.06. The summed E-state index contributed by atoms with van der Waals surface area (Å²) in [5.41, 5.74) is 0.994. The number of hydrogen-bond donors (Lipinski definition) is 1. The summed E-state index contributed by atoms with van der Waals surface area (Å²) in [6, 6.07) is 9.85. The first kappa shape index (κ1) is 10.7. The number of nitrogens with one attached hydrogen (secondary N) is 1. The Bertz CT molecular complexity index is 375. The van der Waals surface area contributed by atoms with Crippen LogP contribution in [-0.2, 0) is 11.3 Å². The lowest BCUT2D eigenvalue weighted by Crippen LogP contribution is -2.27. The zero-order valence-corrected chi connectivity index (χ0v) is 9.06. The van der Waals surface area contributed by atoms with E-state index in [1.54, 1.807) is 0 Å². The summed E-state index contributed by atoms with van der Waals surface area (Å²) >= 11 is 0. The smallest absolute Gasteiger partial charge is 0.407 e. The van der Waals surface area contributed by atoms with Crippen LogP contribution in [0.5, 0.6) is 0 Å². The lowest BCUT2D eigenvalue weighted by atomic mass is 10.2. The largest absolute Gasteiger partial charge is 0.445 e. The monoisotopic (exact) mass is 217 g/mol. The maximum absolute atomic E-state index is 11.4. The zero-order chi connectivity index (χ0) is 11.4. The van der Waals surface area contributed by atoms with Gasteiger partial charge in [-0.2, -0.15) is 0 Å². The predicted molar refractivity (Wildman–Crippen MR) is 61.9 cm³/mol. The van der Waals surface area contributed by atoms with Gasteiger partial charge < -0.3 is 10.1 Å². The number of carbonyl (C=O) groups is 1. The van der Waals surface area contributed by atoms with Gasteiger partial charge in [0.2, 0.25) is 0 Å². The summed E-state index contributed by atoms with van der Waals surface area (Å²) in [7, 11) is 0. The molecule has 0 bridgehead atoms. The Balaban J connectivity index is 1.70. The standard InChI is InChI=1S/C13H15NO2/c1-2-11-8-12(11)14-13(15)16-9-10-6-4-3-5-7-10/h2-7,11-12H,1,8-9H2,(H,14,15)/t11-,12-/m1/s1. The third kappa shape index (κ3) is 2.86. The van der Waals surface area contributed by atoms with Crippen molar-refractivity contribution in [3.05, 3.63) is 48.6 Å². The minimum absolute atomic E-state index is 0.223. The second-order valence-corrected chi connectivity index (χ2v) is 3.95. The second kappa shape index (κ2) is 4.84. The third-order valence-corrected chi connectivity index (χ3v) is 2.66. The van der Waals surface area contributed by atoms with Gasteiger partial charge in [-0.1, -0.05) is 36.4 Å². The molecule has 84 valence electrons. The Morgan fingerprint density at radius 3 is 2.88 bits per heavy atom. The summed E-state index contributed by atoms with van der Waals surface area (Å²) in [6.07, 6.45) is 2.49. The average molecular weight is 217 g/mol. The van der Waals surface area contributed by atoms with Crippen LogP contribution in [0.3, 0.4) is 0 Å². The van der Waals surface area contributed by atoms with Crippen LogP contribution in [0.2, 0.25) is 0 Å². The Kier molecular flexibility index (Phi) is 3.25. The summed E-state index contributed by atoms with van der Waals surface area (Å²) in [4.78, 5) is 11.4. The minimum atomic E-state index is -0.349. The molecule has 1 fully saturated rings. The molecule has 1 aromatic rings. The lowest BCUT2D eigenvalue weighted by Gasteiger charge is -2.05. The minimum Gasteiger partial charge on any atom is -0.445 e. The van der Waals surface area contributed by atoms with Gasteiger partial charge in [0.15, 0.2) is 0 Å². The number of amides is 1. The molecule has 1 aromatic carbocycles. The van der Waals surface area contributed by atoms with E-state index in [0.717, 1.165) is 12.0 Å². The fraction of sp³-hybridized carbons (Fsp3) is 0.308. The van der Waals surface area contributed by atoms with Crippen LogP contribution in [-0.4, -0.2) is 12.1 Å². The number of carbonyl (C=O) groups excluding carboxylic acids is 1. The maximum Gasteiger partial charge on any atom is 0.407 e. The molecule has 1 aliphatic rings. The van der Waals surface area contributed by atoms with Gasteiger partial charge in [-0.3, -0.25) is 0 Å². The van der Waals surface area contributed by atoms with E-state index >= 15 is 0 Å². The highest BCUT2D eigenvalue weighted by molar-refractivity contribution is 5.68. The van der Waals surface area contributed by atoms with E-state index in [1.807, 2.05) is 36.4 Å². The van der Waals surface area contributed by atoms with Crippen molar-refractivity contribution >= 4 is 6.09 Å². The highest BCUT2D eigenvalue weighted by Gasteiger charge is 2.35. The molecule has 3 heteroatoms. The molecule has 2 atom stereocenters. The maximum atomic E-state index is 11.4. The summed E-state index contributed by atoms with van der Waals surface area (Å²) < 4.78 is 5.09. The van der Waals surface area contributed by atoms with E-state index in [-0.39, 0.29) is 12.1 Å². The van der Waals surface area contributed by atoms with Crippen LogP contribution in [0.25, 0.3) is 0 Å². The lowest BCUT2D eigenvalue weighted by molar-refractivity contribution is 0.139. The summed E-state index contributed by atoms with van der Waals surface area (Å²) in [6.45, 7) is 4.00. The Labute approximate surface area is 95.1 Å². The fourth-order valence-corrected chi connectivity index (χ4v) is 1.56. The number of hydrogen-bond acceptors (Lipinski definition) is 2. The van der Waals surface area contributed by atoms with Crippen LogP contribution in [0.15, 0.2) is 43.0 Å². The van der Waals surface area contributed by atoms with Crippen molar-refractivity contribution < 1.29 is 9.53 Å². The molecule has 3 nitrogen and oxygen atoms in total. The van der Waals surface area contributed by atoms with Gasteiger partial charge in [0, 0.05) is 6.04 Å². The summed E-state index contributed by atoms with van der Waals surface area (Å²) in [5.74, 6) is 0.421. The molecule has 0 aliphatic heterocycles. The predicted octanol–water partition coefficient (Wildman–Crippen LogP) is 2.49. The molecule has 0 aromatic heterocycles. The molecule has 1 N–H and O–H groups in total. The molecule has 0 spiro atoms. The van der Waals surface area contributed by atoms with Gasteiger partial charge in [-0.25, -0.2) is 4.79 Å². The van der Waals surface area contributed by atoms with E-state index in [9.17, 15) is 4.79 Å². The first-order chi connectivity index (χ1) is 7.79. The van der Waals surface area contributed by atoms with Crippen molar-refractivity contribution in [2.45, 2.75) is 19.1 Å². The van der Waals surface area contributed by atoms with Crippen molar-refractivity contribution in [3.63, 3.8) is 0 Å². The first-order valence-corrected chi connectivity index (χ1v) is 5.39. The van der Waals surface area contributed by atoms with Crippen LogP contribution in [0.4, 0.5) is 4.79 Å². The van der Waals surface area contributed by atoms with Crippen LogP contribution < -0.4 is 5.32 Å². The number of benzene rings is 1. The highest BCUT2D eigenvalue weighted by Crippen LogP contribution is 2.30. The quantitative estimate of drug-likeness (QED) is 0.787. The van der Waals surface area contributed by atoms with Crippen molar-refractivity contribution in [1.82, 2.24) is 5.32 Å². The molecule has 0 unspecified atom stereocenters. The van der Waals surface area contributed by atoms with Crippen molar-refractivity contribution in [1.29, 1.82) is 0 Å². The topological polar surface area (TPSA) is 38.3 Å². The van der Waals surface area contributed by atoms with Crippen LogP contribution in [0, 0.1) is 5.92 Å². The van der Waals surface area contributed by atoms with E-state index in [2.05, 4.69) is 11.9 Å². The molecule has 1 amide bonds. The molecular weight excluding hydrogens is 202 g/mol. The molecule has 1 aliphatic carbocycles. The van der Waals surface area contributed by atoms with Gasteiger partial charge in [-0.05, 0) is 17.9 Å². The Morgan fingerprint density at radius 2 is 2.25 bits per heavy atom. The van der Waals surface area contributed by atoms with E-state index in [0.29, 0.717) is 12.5 Å². The van der Waals surface area contributed by atoms with Gasteiger partial charge in [0.05, 0.1) is 0 Å². The van der Waals surface area contributed by atoms with Gasteiger partial charge in [0.25, 0.3) is 0 Å². The number of ether oxygens (including phenoxy) is 1. The van der Waals surface area contributed by atoms with E-state index in [4.69, 9.17) is 4.74 Å². The fourth-order valence-electron chi connectivity index (χ4n) is 1.56. The second-order valence-electron chi connectivity index (χ2n) is 3.95. The van der Waals surface area contributed by atoms with E-state index < -0.39 is 0 Å². The van der Waals surface area contributed by atoms with Gasteiger partial charge >= 0.3 is 6.09 Å². The van der Waals surface area contributed by atoms with Crippen molar-refractivity contribution in [2.24, 2.45) is 5.92 Å².